The summed E-state index contributed by atoms with van der Waals surface area (Å²) in [4.78, 5) is 125. The molecule has 70 heavy (non-hydrogen) atoms. The number of ether oxygens (including phenoxy) is 16. The van der Waals surface area contributed by atoms with Crippen molar-refractivity contribution in [1.82, 2.24) is 0 Å². The highest BCUT2D eigenvalue weighted by Gasteiger charge is 2.60. The van der Waals surface area contributed by atoms with Gasteiger partial charge in [0, 0.05) is 69.2 Å². The maximum atomic E-state index is 13.0. The van der Waals surface area contributed by atoms with Crippen LogP contribution in [0.15, 0.2) is 0 Å². The maximum Gasteiger partial charge on any atom is 0.303 e. The van der Waals surface area contributed by atoms with E-state index in [0.717, 1.165) is 69.2 Å². The molecule has 3 heterocycles. The molecule has 3 fully saturated rings. The first-order chi connectivity index (χ1) is 32.5. The minimum absolute atomic E-state index is 0.706. The molecular weight excluding hydrogens is 1020 g/mol. The molecule has 3 aliphatic rings. The van der Waals surface area contributed by atoms with Crippen LogP contribution in [0, 0.1) is 5.41 Å². The SMILES string of the molecule is CC(=O)OC[C@H]1O[C@@H](O[C@@H]2[C@H](OC(C)=O)[C@@H](OC(C)=O)[C@H](O[C@H]3[C@H](OC(C)=O)[C@@H](OC(C)=O)[C@@H](OC(=N)C(Cl)(Cl)Cl)O[C@@H]3COC(C)=O)O[C@@H]2COC(C)=O)[C@H](OC(C)=O)[C@@H](OC(C)=O)[C@H]1OC(C)=O. The summed E-state index contributed by atoms with van der Waals surface area (Å²) in [6.45, 7) is 7.28. The molecule has 0 aromatic carbocycles. The molecule has 0 bridgehead atoms. The van der Waals surface area contributed by atoms with E-state index in [4.69, 9.17) is 116 Å². The molecular formula is C40H52Cl3NO26. The fourth-order valence-electron chi connectivity index (χ4n) is 7.03. The maximum absolute atomic E-state index is 13.0. The number of halogens is 3. The zero-order valence-corrected chi connectivity index (χ0v) is 41.3. The van der Waals surface area contributed by atoms with Crippen LogP contribution in [0.4, 0.5) is 0 Å². The Labute approximate surface area is 413 Å². The van der Waals surface area contributed by atoms with E-state index in [2.05, 4.69) is 0 Å². The molecule has 394 valence electrons. The summed E-state index contributed by atoms with van der Waals surface area (Å²) >= 11 is 17.5. The number of alkyl halides is 3. The second-order valence-corrected chi connectivity index (χ2v) is 17.5. The molecule has 15 atom stereocenters. The molecule has 3 rings (SSSR count). The van der Waals surface area contributed by atoms with Crippen LogP contribution in [0.3, 0.4) is 0 Å². The quantitative estimate of drug-likeness (QED) is 0.0642. The van der Waals surface area contributed by atoms with E-state index in [9.17, 15) is 47.9 Å². The Balaban J connectivity index is 2.32. The van der Waals surface area contributed by atoms with Crippen molar-refractivity contribution in [2.24, 2.45) is 0 Å². The minimum atomic E-state index is -2.54. The monoisotopic (exact) mass is 1070 g/mol. The van der Waals surface area contributed by atoms with Crippen LogP contribution in [-0.2, 0) is 124 Å². The zero-order chi connectivity index (χ0) is 52.9. The van der Waals surface area contributed by atoms with Crippen molar-refractivity contribution < 1.29 is 124 Å². The standard InChI is InChI=1S/C40H52Cl3NO26/c1-14(45)55-11-24-27(58-17(4)48)30(59-18(5)49)33(62-21(8)52)36(65-24)68-28-25(12-56-15(2)46)66-37(34(63-22(9)53)31(28)60-19(6)50)69-29-26(13-57-16(3)47)67-38(70-39(44)40(41,42)43)35(64-23(10)54)32(29)61-20(7)51/h24-38,44H,11-13H2,1-10H3/t24-,25-,26-,27+,28+,29-,30+,31+,32+,33-,34-,35-,36+,37+,38-/m1/s1. The van der Waals surface area contributed by atoms with Gasteiger partial charge in [-0.05, 0) is 0 Å². The number of hydrogen-bond donors (Lipinski definition) is 1. The van der Waals surface area contributed by atoms with Gasteiger partial charge in [0.15, 0.2) is 49.2 Å². The van der Waals surface area contributed by atoms with Crippen molar-refractivity contribution in [3.05, 3.63) is 0 Å². The number of carbonyl (C=O) groups excluding carboxylic acids is 10. The lowest BCUT2D eigenvalue weighted by Crippen LogP contribution is -2.69. The fourth-order valence-corrected chi connectivity index (χ4v) is 7.17. The van der Waals surface area contributed by atoms with Crippen LogP contribution >= 0.6 is 34.8 Å². The molecule has 27 nitrogen and oxygen atoms in total. The van der Waals surface area contributed by atoms with Gasteiger partial charge in [0.25, 0.3) is 3.79 Å². The molecule has 0 aliphatic carbocycles. The third kappa shape index (κ3) is 17.9. The van der Waals surface area contributed by atoms with E-state index in [1.807, 2.05) is 0 Å². The van der Waals surface area contributed by atoms with Gasteiger partial charge in [0.1, 0.15) is 50.3 Å². The van der Waals surface area contributed by atoms with Crippen LogP contribution in [0.5, 0.6) is 0 Å². The first kappa shape index (κ1) is 59.2. The Bertz CT molecular complexity index is 1960. The molecule has 30 heteroatoms. The highest BCUT2D eigenvalue weighted by Crippen LogP contribution is 2.39. The second kappa shape index (κ2) is 26.3. The smallest absolute Gasteiger partial charge is 0.303 e. The summed E-state index contributed by atoms with van der Waals surface area (Å²) in [5.41, 5.74) is 0. The van der Waals surface area contributed by atoms with Gasteiger partial charge in [0.2, 0.25) is 18.3 Å². The minimum Gasteiger partial charge on any atom is -0.463 e. The molecule has 3 aliphatic heterocycles. The van der Waals surface area contributed by atoms with Crippen LogP contribution in [0.25, 0.3) is 0 Å². The predicted octanol–water partition coefficient (Wildman–Crippen LogP) is 0.507. The topological polar surface area (TPSA) is 342 Å². The third-order valence-electron chi connectivity index (χ3n) is 9.31. The van der Waals surface area contributed by atoms with Crippen molar-refractivity contribution in [3.8, 4) is 0 Å². The van der Waals surface area contributed by atoms with Gasteiger partial charge in [-0.1, -0.05) is 34.8 Å². The highest BCUT2D eigenvalue weighted by atomic mass is 35.6. The van der Waals surface area contributed by atoms with Crippen LogP contribution in [0.1, 0.15) is 69.2 Å². The van der Waals surface area contributed by atoms with Crippen molar-refractivity contribution in [1.29, 1.82) is 5.41 Å². The van der Waals surface area contributed by atoms with E-state index in [1.54, 1.807) is 0 Å². The number of esters is 10. The Morgan fingerprint density at radius 1 is 0.357 bits per heavy atom. The Kier molecular flexibility index (Phi) is 22.3. The van der Waals surface area contributed by atoms with Gasteiger partial charge < -0.3 is 75.8 Å². The van der Waals surface area contributed by atoms with Crippen molar-refractivity contribution in [3.63, 3.8) is 0 Å². The van der Waals surface area contributed by atoms with Gasteiger partial charge in [0.05, 0.1) is 0 Å². The van der Waals surface area contributed by atoms with Gasteiger partial charge in [-0.2, -0.15) is 0 Å². The Morgan fingerprint density at radius 2 is 0.600 bits per heavy atom. The normalized spacial score (nSPS) is 30.7. The lowest BCUT2D eigenvalue weighted by molar-refractivity contribution is -0.378. The van der Waals surface area contributed by atoms with Crippen LogP contribution < -0.4 is 0 Å². The van der Waals surface area contributed by atoms with Crippen LogP contribution in [0.2, 0.25) is 0 Å². The second-order valence-electron chi connectivity index (χ2n) is 15.2. The van der Waals surface area contributed by atoms with Crippen molar-refractivity contribution >= 4 is 100 Å². The molecule has 0 amide bonds. The summed E-state index contributed by atoms with van der Waals surface area (Å²) in [6, 6.07) is 0. The summed E-state index contributed by atoms with van der Waals surface area (Å²) in [7, 11) is 0. The third-order valence-corrected chi connectivity index (χ3v) is 9.83. The number of carbonyl (C=O) groups is 10. The number of rotatable bonds is 18. The summed E-state index contributed by atoms with van der Waals surface area (Å²) in [6.07, 6.45) is -28.2. The van der Waals surface area contributed by atoms with Crippen molar-refractivity contribution in [2.75, 3.05) is 19.8 Å². The summed E-state index contributed by atoms with van der Waals surface area (Å²) in [5.74, 6) is -11.1. The summed E-state index contributed by atoms with van der Waals surface area (Å²) in [5, 5.41) is 8.18. The van der Waals surface area contributed by atoms with Gasteiger partial charge in [-0.15, -0.1) is 0 Å². The molecule has 0 spiro atoms. The average Bonchev–Trinajstić information content (AvgIpc) is 3.20. The Hall–Kier alpha value is -5.16. The molecule has 3 saturated heterocycles. The van der Waals surface area contributed by atoms with E-state index < -0.39 is 181 Å². The first-order valence-electron chi connectivity index (χ1n) is 20.7. The molecule has 0 radical (unpaired) electrons. The lowest BCUT2D eigenvalue weighted by atomic mass is 9.95. The largest absolute Gasteiger partial charge is 0.463 e. The lowest BCUT2D eigenvalue weighted by Gasteiger charge is -2.50. The number of hydrogen-bond acceptors (Lipinski definition) is 27. The summed E-state index contributed by atoms with van der Waals surface area (Å²) < 4.78 is 88.3. The Morgan fingerprint density at radius 3 is 0.886 bits per heavy atom. The van der Waals surface area contributed by atoms with Gasteiger partial charge in [-0.25, -0.2) is 0 Å². The molecule has 1 N–H and O–H groups in total. The van der Waals surface area contributed by atoms with Gasteiger partial charge in [-0.3, -0.25) is 53.4 Å². The zero-order valence-electron chi connectivity index (χ0n) is 39.0. The highest BCUT2D eigenvalue weighted by molar-refractivity contribution is 6.76. The fraction of sp³-hybridized carbons (Fsp3) is 0.725. The first-order valence-corrected chi connectivity index (χ1v) is 21.8. The van der Waals surface area contributed by atoms with Crippen LogP contribution in [-0.4, -0.2) is 181 Å². The van der Waals surface area contributed by atoms with E-state index in [-0.39, 0.29) is 0 Å². The molecule has 0 unspecified atom stereocenters. The molecule has 0 saturated carbocycles. The average molecular weight is 1070 g/mol. The van der Waals surface area contributed by atoms with E-state index >= 15 is 0 Å². The predicted molar refractivity (Wildman–Crippen MR) is 224 cm³/mol. The number of nitrogens with one attached hydrogen (secondary N) is 1. The molecule has 0 aromatic heterocycles. The molecule has 0 aromatic rings. The van der Waals surface area contributed by atoms with Crippen molar-refractivity contribution in [2.45, 2.75) is 165 Å². The van der Waals surface area contributed by atoms with E-state index in [1.165, 1.54) is 0 Å². The van der Waals surface area contributed by atoms with E-state index in [0.29, 0.717) is 0 Å². The van der Waals surface area contributed by atoms with Gasteiger partial charge >= 0.3 is 59.7 Å².